The molecule has 164 valence electrons. The molecule has 0 unspecified atom stereocenters. The first kappa shape index (κ1) is 23.2. The van der Waals surface area contributed by atoms with Crippen molar-refractivity contribution >= 4 is 49.8 Å². The normalized spacial score (nSPS) is 11.5. The van der Waals surface area contributed by atoms with Gasteiger partial charge in [0, 0.05) is 5.25 Å². The van der Waals surface area contributed by atoms with Crippen molar-refractivity contribution in [3.8, 4) is 0 Å². The van der Waals surface area contributed by atoms with Crippen molar-refractivity contribution in [3.63, 3.8) is 0 Å². The zero-order chi connectivity index (χ0) is 22.6. The number of hydrogen-bond donors (Lipinski definition) is 1. The number of nitrogens with zero attached hydrogens (tertiary/aromatic N) is 3. The second kappa shape index (κ2) is 9.80. The SMILES string of the molecule is Cc1cccc(N(CC(=O)Nc2nnc(SC(C)C)s2)S(=O)(=O)c2ccccc2)c1C. The van der Waals surface area contributed by atoms with Crippen LogP contribution in [0.4, 0.5) is 10.8 Å². The lowest BCUT2D eigenvalue weighted by atomic mass is 10.1. The number of sulfonamides is 1. The number of carbonyl (C=O) groups is 1. The summed E-state index contributed by atoms with van der Waals surface area (Å²) in [4.78, 5) is 12.9. The number of amides is 1. The van der Waals surface area contributed by atoms with Crippen molar-refractivity contribution in [2.24, 2.45) is 0 Å². The summed E-state index contributed by atoms with van der Waals surface area (Å²) in [5.74, 6) is -0.488. The highest BCUT2D eigenvalue weighted by Gasteiger charge is 2.28. The van der Waals surface area contributed by atoms with Crippen molar-refractivity contribution in [2.75, 3.05) is 16.2 Å². The van der Waals surface area contributed by atoms with Gasteiger partial charge in [0.25, 0.3) is 10.0 Å². The van der Waals surface area contributed by atoms with Crippen LogP contribution in [0.1, 0.15) is 25.0 Å². The van der Waals surface area contributed by atoms with Gasteiger partial charge < -0.3 is 0 Å². The fourth-order valence-electron chi connectivity index (χ4n) is 2.82. The third-order valence-electron chi connectivity index (χ3n) is 4.45. The van der Waals surface area contributed by atoms with Gasteiger partial charge in [-0.15, -0.1) is 10.2 Å². The summed E-state index contributed by atoms with van der Waals surface area (Å²) < 4.78 is 28.7. The fourth-order valence-corrected chi connectivity index (χ4v) is 6.31. The summed E-state index contributed by atoms with van der Waals surface area (Å²) in [5, 5.41) is 11.4. The molecule has 31 heavy (non-hydrogen) atoms. The van der Waals surface area contributed by atoms with Gasteiger partial charge >= 0.3 is 0 Å². The number of hydrogen-bond acceptors (Lipinski definition) is 7. The highest BCUT2D eigenvalue weighted by molar-refractivity contribution is 8.01. The number of rotatable bonds is 8. The molecule has 1 N–H and O–H groups in total. The molecule has 0 atom stereocenters. The largest absolute Gasteiger partial charge is 0.299 e. The van der Waals surface area contributed by atoms with Gasteiger partial charge in [0.15, 0.2) is 4.34 Å². The third kappa shape index (κ3) is 5.63. The van der Waals surface area contributed by atoms with Gasteiger partial charge in [0.1, 0.15) is 6.54 Å². The quantitative estimate of drug-likeness (QED) is 0.380. The molecule has 0 fully saturated rings. The number of thioether (sulfide) groups is 1. The van der Waals surface area contributed by atoms with Crippen molar-refractivity contribution in [1.82, 2.24) is 10.2 Å². The van der Waals surface area contributed by atoms with Crippen LogP contribution in [0.3, 0.4) is 0 Å². The zero-order valence-corrected chi connectivity index (χ0v) is 20.1. The Labute approximate surface area is 191 Å². The molecule has 2 aromatic carbocycles. The minimum atomic E-state index is -3.96. The summed E-state index contributed by atoms with van der Waals surface area (Å²) in [6.45, 7) is 7.45. The van der Waals surface area contributed by atoms with E-state index in [2.05, 4.69) is 15.5 Å². The molecule has 3 aromatic rings. The Morgan fingerprint density at radius 1 is 1.10 bits per heavy atom. The molecule has 0 spiro atoms. The van der Waals surface area contributed by atoms with Gasteiger partial charge in [-0.3, -0.25) is 14.4 Å². The van der Waals surface area contributed by atoms with Crippen molar-refractivity contribution in [3.05, 3.63) is 59.7 Å². The summed E-state index contributed by atoms with van der Waals surface area (Å²) in [5.41, 5.74) is 2.19. The van der Waals surface area contributed by atoms with E-state index in [0.29, 0.717) is 16.1 Å². The first-order chi connectivity index (χ1) is 14.7. The molecule has 7 nitrogen and oxygen atoms in total. The Bertz CT molecular complexity index is 1160. The highest BCUT2D eigenvalue weighted by Crippen LogP contribution is 2.30. The van der Waals surface area contributed by atoms with E-state index < -0.39 is 15.9 Å². The van der Waals surface area contributed by atoms with Gasteiger partial charge in [-0.25, -0.2) is 8.42 Å². The lowest BCUT2D eigenvalue weighted by Crippen LogP contribution is -2.38. The number of anilines is 2. The van der Waals surface area contributed by atoms with Crippen LogP contribution in [-0.2, 0) is 14.8 Å². The predicted octanol–water partition coefficient (Wildman–Crippen LogP) is 4.49. The molecule has 0 saturated carbocycles. The number of aromatic nitrogens is 2. The lowest BCUT2D eigenvalue weighted by Gasteiger charge is -2.26. The maximum absolute atomic E-state index is 13.4. The molecular weight excluding hydrogens is 452 g/mol. The summed E-state index contributed by atoms with van der Waals surface area (Å²) in [7, 11) is -3.96. The first-order valence-electron chi connectivity index (χ1n) is 9.62. The van der Waals surface area contributed by atoms with Crippen molar-refractivity contribution in [1.29, 1.82) is 0 Å². The summed E-state index contributed by atoms with van der Waals surface area (Å²) in [6.07, 6.45) is 0. The van der Waals surface area contributed by atoms with E-state index in [1.807, 2.05) is 33.8 Å². The summed E-state index contributed by atoms with van der Waals surface area (Å²) in [6, 6.07) is 13.5. The molecule has 0 aliphatic heterocycles. The van der Waals surface area contributed by atoms with Crippen molar-refractivity contribution in [2.45, 2.75) is 42.2 Å². The van der Waals surface area contributed by atoms with Crippen LogP contribution in [0.2, 0.25) is 0 Å². The molecule has 0 aliphatic carbocycles. The Morgan fingerprint density at radius 2 is 1.81 bits per heavy atom. The number of aryl methyl sites for hydroxylation is 1. The summed E-state index contributed by atoms with van der Waals surface area (Å²) >= 11 is 2.81. The molecular formula is C21H24N4O3S3. The average molecular weight is 477 g/mol. The number of benzene rings is 2. The monoisotopic (exact) mass is 476 g/mol. The topological polar surface area (TPSA) is 92.3 Å². The Balaban J connectivity index is 1.91. The van der Waals surface area contributed by atoms with Crippen LogP contribution >= 0.6 is 23.1 Å². The van der Waals surface area contributed by atoms with E-state index in [1.54, 1.807) is 42.1 Å². The molecule has 10 heteroatoms. The van der Waals surface area contributed by atoms with Gasteiger partial charge in [-0.05, 0) is 43.2 Å². The first-order valence-corrected chi connectivity index (χ1v) is 12.8. The number of nitrogens with one attached hydrogen (secondary N) is 1. The molecule has 0 bridgehead atoms. The smallest absolute Gasteiger partial charge is 0.264 e. The van der Waals surface area contributed by atoms with E-state index in [-0.39, 0.29) is 11.4 Å². The molecule has 1 amide bonds. The van der Waals surface area contributed by atoms with Gasteiger partial charge in [-0.2, -0.15) is 0 Å². The number of carbonyl (C=O) groups excluding carboxylic acids is 1. The van der Waals surface area contributed by atoms with E-state index in [0.717, 1.165) is 19.8 Å². The molecule has 0 aliphatic rings. The second-order valence-electron chi connectivity index (χ2n) is 7.13. The maximum Gasteiger partial charge on any atom is 0.264 e. The van der Waals surface area contributed by atoms with Crippen LogP contribution in [-0.4, -0.2) is 36.3 Å². The van der Waals surface area contributed by atoms with E-state index in [4.69, 9.17) is 0 Å². The van der Waals surface area contributed by atoms with Crippen LogP contribution in [0, 0.1) is 13.8 Å². The van der Waals surface area contributed by atoms with E-state index in [9.17, 15) is 13.2 Å². The highest BCUT2D eigenvalue weighted by atomic mass is 32.2. The predicted molar refractivity (Wildman–Crippen MR) is 126 cm³/mol. The van der Waals surface area contributed by atoms with Crippen LogP contribution in [0.5, 0.6) is 0 Å². The molecule has 1 aromatic heterocycles. The maximum atomic E-state index is 13.4. The van der Waals surface area contributed by atoms with Crippen LogP contribution in [0.25, 0.3) is 0 Å². The third-order valence-corrected chi connectivity index (χ3v) is 8.15. The second-order valence-corrected chi connectivity index (χ2v) is 11.8. The minimum Gasteiger partial charge on any atom is -0.299 e. The average Bonchev–Trinajstić information content (AvgIpc) is 3.15. The van der Waals surface area contributed by atoms with Gasteiger partial charge in [-0.1, -0.05) is 67.3 Å². The van der Waals surface area contributed by atoms with Gasteiger partial charge in [0.2, 0.25) is 11.0 Å². The van der Waals surface area contributed by atoms with Crippen LogP contribution < -0.4 is 9.62 Å². The zero-order valence-electron chi connectivity index (χ0n) is 17.7. The van der Waals surface area contributed by atoms with Gasteiger partial charge in [0.05, 0.1) is 10.6 Å². The van der Waals surface area contributed by atoms with Crippen LogP contribution in [0.15, 0.2) is 57.8 Å². The standard InChI is InChI=1S/C21H24N4O3S3/c1-14(2)29-21-24-23-20(30-21)22-19(26)13-25(18-12-8-9-15(3)16(18)4)31(27,28)17-10-6-5-7-11-17/h5-12,14H,13H2,1-4H3,(H,22,23,26). The Morgan fingerprint density at radius 3 is 2.48 bits per heavy atom. The Hall–Kier alpha value is -2.43. The van der Waals surface area contributed by atoms with Crippen molar-refractivity contribution < 1.29 is 13.2 Å². The van der Waals surface area contributed by atoms with E-state index >= 15 is 0 Å². The van der Waals surface area contributed by atoms with E-state index in [1.165, 1.54) is 23.5 Å². The molecule has 0 saturated heterocycles. The Kier molecular flexibility index (Phi) is 7.34. The molecule has 0 radical (unpaired) electrons. The molecule has 3 rings (SSSR count). The lowest BCUT2D eigenvalue weighted by molar-refractivity contribution is -0.114. The minimum absolute atomic E-state index is 0.121. The molecule has 1 heterocycles. The fraction of sp³-hybridized carbons (Fsp3) is 0.286.